The van der Waals surface area contributed by atoms with E-state index < -0.39 is 0 Å². The zero-order chi connectivity index (χ0) is 13.0. The van der Waals surface area contributed by atoms with E-state index in [9.17, 15) is 9.59 Å². The Hall–Kier alpha value is -0.940. The number of nitrogens with one attached hydrogen (secondary N) is 1. The van der Waals surface area contributed by atoms with Crippen LogP contribution < -0.4 is 5.32 Å². The number of carbonyl (C=O) groups excluding carboxylic acids is 2. The fourth-order valence-electron chi connectivity index (χ4n) is 2.54. The molecule has 0 aliphatic carbocycles. The smallest absolute Gasteiger partial charge is 0.246 e. The fourth-order valence-corrected chi connectivity index (χ4v) is 2.54. The summed E-state index contributed by atoms with van der Waals surface area (Å²) >= 11 is 0. The molecule has 102 valence electrons. The topological polar surface area (TPSA) is 58.6 Å². The fraction of sp³-hybridized carbons (Fsp3) is 0.846. The van der Waals surface area contributed by atoms with Crippen LogP contribution in [-0.4, -0.2) is 48.6 Å². The summed E-state index contributed by atoms with van der Waals surface area (Å²) in [6.45, 7) is 3.99. The largest absolute Gasteiger partial charge is 0.377 e. The predicted molar refractivity (Wildman–Crippen MR) is 67.0 cm³/mol. The van der Waals surface area contributed by atoms with Crippen molar-refractivity contribution in [2.75, 3.05) is 19.7 Å². The van der Waals surface area contributed by atoms with Gasteiger partial charge in [0.2, 0.25) is 11.8 Å². The molecule has 0 bridgehead atoms. The molecule has 2 aliphatic rings. The first-order valence-electron chi connectivity index (χ1n) is 6.91. The van der Waals surface area contributed by atoms with Gasteiger partial charge < -0.3 is 10.1 Å². The van der Waals surface area contributed by atoms with E-state index in [1.165, 1.54) is 11.3 Å². The molecule has 1 N–H and O–H groups in total. The summed E-state index contributed by atoms with van der Waals surface area (Å²) in [5, 5.41) is 3.18. The van der Waals surface area contributed by atoms with Crippen LogP contribution >= 0.6 is 0 Å². The Morgan fingerprint density at radius 3 is 2.89 bits per heavy atom. The van der Waals surface area contributed by atoms with Gasteiger partial charge in [-0.25, -0.2) is 0 Å². The summed E-state index contributed by atoms with van der Waals surface area (Å²) in [6.07, 6.45) is 4.66. The minimum Gasteiger partial charge on any atom is -0.377 e. The quantitative estimate of drug-likeness (QED) is 0.733. The molecule has 2 aliphatic heterocycles. The van der Waals surface area contributed by atoms with Crippen molar-refractivity contribution in [1.29, 1.82) is 0 Å². The molecule has 2 unspecified atom stereocenters. The van der Waals surface area contributed by atoms with Gasteiger partial charge in [-0.05, 0) is 25.7 Å². The Kier molecular flexibility index (Phi) is 4.72. The van der Waals surface area contributed by atoms with E-state index in [2.05, 4.69) is 5.32 Å². The molecule has 2 heterocycles. The molecule has 2 fully saturated rings. The second kappa shape index (κ2) is 6.29. The first-order valence-corrected chi connectivity index (χ1v) is 6.91. The van der Waals surface area contributed by atoms with Crippen molar-refractivity contribution in [2.24, 2.45) is 0 Å². The number of imide groups is 1. The van der Waals surface area contributed by atoms with Gasteiger partial charge in [0.05, 0.1) is 18.6 Å². The van der Waals surface area contributed by atoms with E-state index >= 15 is 0 Å². The molecule has 5 nitrogen and oxygen atoms in total. The van der Waals surface area contributed by atoms with Crippen molar-refractivity contribution < 1.29 is 14.3 Å². The highest BCUT2D eigenvalue weighted by Crippen LogP contribution is 2.15. The van der Waals surface area contributed by atoms with Crippen LogP contribution in [0.5, 0.6) is 0 Å². The Morgan fingerprint density at radius 2 is 2.22 bits per heavy atom. The van der Waals surface area contributed by atoms with Crippen molar-refractivity contribution in [3.8, 4) is 0 Å². The lowest BCUT2D eigenvalue weighted by molar-refractivity contribution is -0.138. The molecule has 5 heteroatoms. The van der Waals surface area contributed by atoms with Gasteiger partial charge in [0, 0.05) is 19.7 Å². The maximum atomic E-state index is 12.0. The number of hydrogen-bond donors (Lipinski definition) is 1. The van der Waals surface area contributed by atoms with Crippen LogP contribution in [0.15, 0.2) is 0 Å². The Bertz CT molecular complexity index is 313. The van der Waals surface area contributed by atoms with Crippen LogP contribution in [0.4, 0.5) is 0 Å². The number of nitrogens with zero attached hydrogens (tertiary/aromatic N) is 1. The number of amides is 2. The van der Waals surface area contributed by atoms with Crippen molar-refractivity contribution in [3.63, 3.8) is 0 Å². The minimum absolute atomic E-state index is 0.0519. The van der Waals surface area contributed by atoms with Gasteiger partial charge in [-0.3, -0.25) is 14.5 Å². The van der Waals surface area contributed by atoms with E-state index in [0.29, 0.717) is 19.5 Å². The minimum atomic E-state index is -0.338. The lowest BCUT2D eigenvalue weighted by atomic mass is 10.1. The first-order chi connectivity index (χ1) is 8.72. The molecule has 0 radical (unpaired) electrons. The molecule has 2 rings (SSSR count). The molecule has 0 aromatic carbocycles. The van der Waals surface area contributed by atoms with Crippen LogP contribution in [0.25, 0.3) is 0 Å². The summed E-state index contributed by atoms with van der Waals surface area (Å²) in [6, 6.07) is -0.338. The van der Waals surface area contributed by atoms with Crippen LogP contribution in [0.1, 0.15) is 39.0 Å². The molecular formula is C13H22N2O3. The number of hydrogen-bond acceptors (Lipinski definition) is 4. The summed E-state index contributed by atoms with van der Waals surface area (Å²) in [5.74, 6) is -0.124. The van der Waals surface area contributed by atoms with Gasteiger partial charge >= 0.3 is 0 Å². The highest BCUT2D eigenvalue weighted by atomic mass is 16.5. The third-order valence-corrected chi connectivity index (χ3v) is 3.56. The van der Waals surface area contributed by atoms with Gasteiger partial charge in [0.1, 0.15) is 0 Å². The van der Waals surface area contributed by atoms with Crippen LogP contribution in [-0.2, 0) is 14.3 Å². The summed E-state index contributed by atoms with van der Waals surface area (Å²) in [4.78, 5) is 25.0. The zero-order valence-electron chi connectivity index (χ0n) is 11.0. The average molecular weight is 254 g/mol. The average Bonchev–Trinajstić information content (AvgIpc) is 2.66. The molecule has 0 saturated carbocycles. The third-order valence-electron chi connectivity index (χ3n) is 3.56. The summed E-state index contributed by atoms with van der Waals surface area (Å²) in [5.41, 5.74) is 0. The monoisotopic (exact) mass is 254 g/mol. The number of likely N-dealkylation sites (tertiary alicyclic amines) is 1. The predicted octanol–water partition coefficient (Wildman–Crippen LogP) is 0.683. The number of ether oxygens (including phenoxy) is 1. The molecule has 18 heavy (non-hydrogen) atoms. The number of carbonyl (C=O) groups is 2. The standard InChI is InChI=1S/C13H22N2O3/c1-2-6-15-12(16)8-11(13(15)17)14-9-10-5-3-4-7-18-10/h10-11,14H,2-9H2,1H3. The van der Waals surface area contributed by atoms with Gasteiger partial charge in [-0.1, -0.05) is 6.92 Å². The highest BCUT2D eigenvalue weighted by Gasteiger charge is 2.37. The maximum absolute atomic E-state index is 12.0. The normalized spacial score (nSPS) is 29.1. The molecule has 2 saturated heterocycles. The Morgan fingerprint density at radius 1 is 1.39 bits per heavy atom. The lowest BCUT2D eigenvalue weighted by Crippen LogP contribution is -2.43. The Balaban J connectivity index is 1.79. The van der Waals surface area contributed by atoms with E-state index in [0.717, 1.165) is 25.9 Å². The highest BCUT2D eigenvalue weighted by molar-refractivity contribution is 6.05. The zero-order valence-corrected chi connectivity index (χ0v) is 11.0. The molecule has 0 aromatic rings. The second-order valence-electron chi connectivity index (χ2n) is 5.04. The molecule has 0 aromatic heterocycles. The van der Waals surface area contributed by atoms with Gasteiger partial charge in [0.25, 0.3) is 0 Å². The van der Waals surface area contributed by atoms with E-state index in [-0.39, 0.29) is 24.0 Å². The van der Waals surface area contributed by atoms with Gasteiger partial charge in [-0.2, -0.15) is 0 Å². The third kappa shape index (κ3) is 3.09. The first kappa shape index (κ1) is 13.5. The van der Waals surface area contributed by atoms with Crippen LogP contribution in [0.3, 0.4) is 0 Å². The van der Waals surface area contributed by atoms with Crippen molar-refractivity contribution >= 4 is 11.8 Å². The molecule has 0 spiro atoms. The number of rotatable bonds is 5. The summed E-state index contributed by atoms with van der Waals surface area (Å²) < 4.78 is 5.60. The van der Waals surface area contributed by atoms with E-state index in [1.807, 2.05) is 6.92 Å². The summed E-state index contributed by atoms with van der Waals surface area (Å²) in [7, 11) is 0. The van der Waals surface area contributed by atoms with Crippen molar-refractivity contribution in [2.45, 2.75) is 51.2 Å². The molecule has 2 amide bonds. The van der Waals surface area contributed by atoms with Crippen molar-refractivity contribution in [1.82, 2.24) is 10.2 Å². The lowest BCUT2D eigenvalue weighted by Gasteiger charge is -2.24. The van der Waals surface area contributed by atoms with Crippen LogP contribution in [0, 0.1) is 0 Å². The van der Waals surface area contributed by atoms with Crippen molar-refractivity contribution in [3.05, 3.63) is 0 Å². The van der Waals surface area contributed by atoms with Crippen LogP contribution in [0.2, 0.25) is 0 Å². The Labute approximate surface area is 108 Å². The van der Waals surface area contributed by atoms with E-state index in [1.54, 1.807) is 0 Å². The maximum Gasteiger partial charge on any atom is 0.246 e. The second-order valence-corrected chi connectivity index (χ2v) is 5.04. The molecule has 2 atom stereocenters. The SMILES string of the molecule is CCCN1C(=O)CC(NCC2CCCCO2)C1=O. The van der Waals surface area contributed by atoms with Gasteiger partial charge in [-0.15, -0.1) is 0 Å². The molecular weight excluding hydrogens is 232 g/mol. The van der Waals surface area contributed by atoms with E-state index in [4.69, 9.17) is 4.74 Å². The van der Waals surface area contributed by atoms with Gasteiger partial charge in [0.15, 0.2) is 0 Å².